The third kappa shape index (κ3) is 6.02. The summed E-state index contributed by atoms with van der Waals surface area (Å²) < 4.78 is 0. The summed E-state index contributed by atoms with van der Waals surface area (Å²) in [5, 5.41) is 0. The highest BCUT2D eigenvalue weighted by Gasteiger charge is 2.37. The average molecular weight is 254 g/mol. The molecule has 0 aliphatic carbocycles. The van der Waals surface area contributed by atoms with Crippen LogP contribution in [0.3, 0.4) is 0 Å². The van der Waals surface area contributed by atoms with Crippen molar-refractivity contribution in [3.63, 3.8) is 0 Å². The molecule has 0 aliphatic rings. The van der Waals surface area contributed by atoms with Crippen LogP contribution < -0.4 is 0 Å². The van der Waals surface area contributed by atoms with E-state index in [0.717, 1.165) is 12.8 Å². The molecule has 0 rings (SSSR count). The van der Waals surface area contributed by atoms with Gasteiger partial charge in [-0.1, -0.05) is 80.1 Å². The Hall–Kier alpha value is -0.330. The SMILES string of the molecule is CCCCCC(C)(C)C(=O)C(C)(C)CCCCC. The maximum absolute atomic E-state index is 12.7. The quantitative estimate of drug-likeness (QED) is 0.452. The largest absolute Gasteiger partial charge is 0.299 e. The van der Waals surface area contributed by atoms with Gasteiger partial charge in [-0.2, -0.15) is 0 Å². The van der Waals surface area contributed by atoms with Crippen molar-refractivity contribution in [1.29, 1.82) is 0 Å². The van der Waals surface area contributed by atoms with Gasteiger partial charge in [-0.3, -0.25) is 4.79 Å². The van der Waals surface area contributed by atoms with E-state index in [2.05, 4.69) is 41.5 Å². The van der Waals surface area contributed by atoms with Gasteiger partial charge in [0.2, 0.25) is 0 Å². The summed E-state index contributed by atoms with van der Waals surface area (Å²) in [6.07, 6.45) is 9.38. The van der Waals surface area contributed by atoms with E-state index in [-0.39, 0.29) is 10.8 Å². The van der Waals surface area contributed by atoms with Crippen LogP contribution in [-0.4, -0.2) is 5.78 Å². The molecule has 0 saturated carbocycles. The first-order valence-corrected chi connectivity index (χ1v) is 7.83. The molecular formula is C17H34O. The Balaban J connectivity index is 4.38. The van der Waals surface area contributed by atoms with Crippen molar-refractivity contribution in [1.82, 2.24) is 0 Å². The summed E-state index contributed by atoms with van der Waals surface area (Å²) in [6, 6.07) is 0. The molecule has 0 unspecified atom stereocenters. The second kappa shape index (κ2) is 7.96. The number of hydrogen-bond acceptors (Lipinski definition) is 1. The van der Waals surface area contributed by atoms with Gasteiger partial charge in [0.05, 0.1) is 0 Å². The van der Waals surface area contributed by atoms with Gasteiger partial charge in [0.1, 0.15) is 5.78 Å². The zero-order chi connectivity index (χ0) is 14.2. The second-order valence-corrected chi connectivity index (χ2v) is 7.01. The van der Waals surface area contributed by atoms with E-state index < -0.39 is 0 Å². The van der Waals surface area contributed by atoms with Gasteiger partial charge in [-0.15, -0.1) is 0 Å². The summed E-state index contributed by atoms with van der Waals surface area (Å²) in [4.78, 5) is 12.7. The summed E-state index contributed by atoms with van der Waals surface area (Å²) in [5.41, 5.74) is -0.296. The van der Waals surface area contributed by atoms with Crippen molar-refractivity contribution in [2.24, 2.45) is 10.8 Å². The van der Waals surface area contributed by atoms with E-state index in [1.54, 1.807) is 0 Å². The minimum absolute atomic E-state index is 0.148. The van der Waals surface area contributed by atoms with Crippen molar-refractivity contribution in [3.8, 4) is 0 Å². The lowest BCUT2D eigenvalue weighted by Gasteiger charge is -2.33. The van der Waals surface area contributed by atoms with Crippen molar-refractivity contribution in [2.45, 2.75) is 92.9 Å². The lowest BCUT2D eigenvalue weighted by atomic mass is 9.69. The van der Waals surface area contributed by atoms with Gasteiger partial charge < -0.3 is 0 Å². The van der Waals surface area contributed by atoms with Crippen LogP contribution in [-0.2, 0) is 4.79 Å². The molecule has 0 N–H and O–H groups in total. The molecular weight excluding hydrogens is 220 g/mol. The maximum atomic E-state index is 12.7. The van der Waals surface area contributed by atoms with Crippen LogP contribution in [0.4, 0.5) is 0 Å². The molecule has 1 nitrogen and oxygen atoms in total. The molecule has 0 bridgehead atoms. The van der Waals surface area contributed by atoms with E-state index in [9.17, 15) is 4.79 Å². The third-order valence-corrected chi connectivity index (χ3v) is 4.04. The fourth-order valence-corrected chi connectivity index (χ4v) is 2.78. The molecule has 0 aromatic heterocycles. The Kier molecular flexibility index (Phi) is 7.82. The molecule has 0 aliphatic heterocycles. The predicted molar refractivity (Wildman–Crippen MR) is 80.9 cm³/mol. The highest BCUT2D eigenvalue weighted by Crippen LogP contribution is 2.36. The Bertz CT molecular complexity index is 214. The lowest BCUT2D eigenvalue weighted by molar-refractivity contribution is -0.136. The van der Waals surface area contributed by atoms with Crippen LogP contribution in [0.15, 0.2) is 0 Å². The summed E-state index contributed by atoms with van der Waals surface area (Å²) in [6.45, 7) is 12.9. The minimum atomic E-state index is -0.148. The molecule has 0 heterocycles. The zero-order valence-electron chi connectivity index (χ0n) is 13.6. The second-order valence-electron chi connectivity index (χ2n) is 7.01. The first-order chi connectivity index (χ1) is 8.28. The number of rotatable bonds is 10. The van der Waals surface area contributed by atoms with Crippen molar-refractivity contribution in [2.75, 3.05) is 0 Å². The normalized spacial score (nSPS) is 12.8. The minimum Gasteiger partial charge on any atom is -0.299 e. The fraction of sp³-hybridized carbons (Fsp3) is 0.941. The molecule has 18 heavy (non-hydrogen) atoms. The third-order valence-electron chi connectivity index (χ3n) is 4.04. The average Bonchev–Trinajstić information content (AvgIpc) is 2.28. The van der Waals surface area contributed by atoms with Gasteiger partial charge in [0.25, 0.3) is 0 Å². The number of Topliss-reactive ketones (excluding diaryl/α,β-unsaturated/α-hetero) is 1. The number of carbonyl (C=O) groups excluding carboxylic acids is 1. The molecule has 0 saturated heterocycles. The topological polar surface area (TPSA) is 17.1 Å². The smallest absolute Gasteiger partial charge is 0.144 e. The fourth-order valence-electron chi connectivity index (χ4n) is 2.78. The highest BCUT2D eigenvalue weighted by molar-refractivity contribution is 5.89. The van der Waals surface area contributed by atoms with Crippen LogP contribution in [0, 0.1) is 10.8 Å². The van der Waals surface area contributed by atoms with E-state index in [0.29, 0.717) is 5.78 Å². The van der Waals surface area contributed by atoms with Crippen LogP contribution in [0.25, 0.3) is 0 Å². The van der Waals surface area contributed by atoms with Crippen molar-refractivity contribution in [3.05, 3.63) is 0 Å². The number of ketones is 1. The first kappa shape index (κ1) is 17.7. The van der Waals surface area contributed by atoms with Crippen LogP contribution >= 0.6 is 0 Å². The Morgan fingerprint density at radius 1 is 0.722 bits per heavy atom. The Morgan fingerprint density at radius 3 is 1.33 bits per heavy atom. The molecule has 1 heteroatoms. The summed E-state index contributed by atoms with van der Waals surface area (Å²) >= 11 is 0. The molecule has 0 spiro atoms. The number of hydrogen-bond donors (Lipinski definition) is 0. The molecule has 0 fully saturated rings. The molecule has 0 radical (unpaired) electrons. The molecule has 0 aromatic carbocycles. The van der Waals surface area contributed by atoms with Gasteiger partial charge in [0, 0.05) is 10.8 Å². The van der Waals surface area contributed by atoms with Crippen molar-refractivity contribution >= 4 is 5.78 Å². The van der Waals surface area contributed by atoms with Crippen LogP contribution in [0.5, 0.6) is 0 Å². The van der Waals surface area contributed by atoms with E-state index >= 15 is 0 Å². The van der Waals surface area contributed by atoms with Gasteiger partial charge in [0.15, 0.2) is 0 Å². The zero-order valence-corrected chi connectivity index (χ0v) is 13.6. The van der Waals surface area contributed by atoms with Crippen molar-refractivity contribution < 1.29 is 4.79 Å². The van der Waals surface area contributed by atoms with Gasteiger partial charge in [-0.25, -0.2) is 0 Å². The Labute approximate surface area is 115 Å². The maximum Gasteiger partial charge on any atom is 0.144 e. The molecule has 0 aromatic rings. The standard InChI is InChI=1S/C17H34O/c1-7-9-11-13-16(3,4)15(18)17(5,6)14-12-10-8-2/h7-14H2,1-6H3. The number of carbonyl (C=O) groups is 1. The van der Waals surface area contributed by atoms with Gasteiger partial charge >= 0.3 is 0 Å². The monoisotopic (exact) mass is 254 g/mol. The van der Waals surface area contributed by atoms with E-state index in [1.807, 2.05) is 0 Å². The van der Waals surface area contributed by atoms with E-state index in [4.69, 9.17) is 0 Å². The van der Waals surface area contributed by atoms with Crippen LogP contribution in [0.2, 0.25) is 0 Å². The molecule has 108 valence electrons. The lowest BCUT2D eigenvalue weighted by Crippen LogP contribution is -2.36. The highest BCUT2D eigenvalue weighted by atomic mass is 16.1. The Morgan fingerprint density at radius 2 is 1.06 bits per heavy atom. The molecule has 0 atom stereocenters. The number of unbranched alkanes of at least 4 members (excludes halogenated alkanes) is 4. The first-order valence-electron chi connectivity index (χ1n) is 7.83. The predicted octanol–water partition coefficient (Wildman–Crippen LogP) is 5.77. The summed E-state index contributed by atoms with van der Waals surface area (Å²) in [7, 11) is 0. The van der Waals surface area contributed by atoms with Gasteiger partial charge in [-0.05, 0) is 12.8 Å². The molecule has 0 amide bonds. The van der Waals surface area contributed by atoms with Crippen LogP contribution in [0.1, 0.15) is 92.9 Å². The van der Waals surface area contributed by atoms with E-state index in [1.165, 1.54) is 38.5 Å². The summed E-state index contributed by atoms with van der Waals surface area (Å²) in [5.74, 6) is 0.460.